The Hall–Kier alpha value is -2.32. The molecule has 0 aromatic carbocycles. The number of allylic oxidation sites excluding steroid dienone is 13. The topological polar surface area (TPSA) is 105 Å². The summed E-state index contributed by atoms with van der Waals surface area (Å²) in [6, 6.07) is -0.912. The van der Waals surface area contributed by atoms with Crippen molar-refractivity contribution in [3.8, 4) is 0 Å². The van der Waals surface area contributed by atoms with Crippen LogP contribution in [-0.2, 0) is 18.4 Å². The first kappa shape index (κ1) is 58.7. The van der Waals surface area contributed by atoms with E-state index in [1.807, 2.05) is 39.4 Å². The number of quaternary nitrogens is 1. The third kappa shape index (κ3) is 45.5. The van der Waals surface area contributed by atoms with E-state index in [0.29, 0.717) is 17.4 Å². The maximum Gasteiger partial charge on any atom is 0.472 e. The second-order valence-electron chi connectivity index (χ2n) is 17.4. The van der Waals surface area contributed by atoms with Gasteiger partial charge in [-0.05, 0) is 70.6 Å². The Morgan fingerprint density at radius 2 is 1.00 bits per heavy atom. The summed E-state index contributed by atoms with van der Waals surface area (Å²) in [5.74, 6) is -0.274. The average molecular weight is 874 g/mol. The monoisotopic (exact) mass is 874 g/mol. The van der Waals surface area contributed by atoms with E-state index >= 15 is 0 Å². The molecule has 0 radical (unpaired) electrons. The Kier molecular flexibility index (Phi) is 41.3. The van der Waals surface area contributed by atoms with Gasteiger partial charge < -0.3 is 19.8 Å². The molecular weight excluding hydrogens is 780 g/mol. The molecule has 61 heavy (non-hydrogen) atoms. The molecule has 0 heterocycles. The summed E-state index contributed by atoms with van der Waals surface area (Å²) in [7, 11) is 1.49. The number of unbranched alkanes of at least 4 members (excludes halogenated alkanes) is 18. The predicted octanol–water partition coefficient (Wildman–Crippen LogP) is 14.1. The van der Waals surface area contributed by atoms with Gasteiger partial charge in [-0.15, -0.1) is 0 Å². The zero-order chi connectivity index (χ0) is 45.0. The SMILES string of the molecule is CC/C=C\C/C=C\C/C=C\C/C=C\CCC(=O)NC(COP(=O)(O)OCC[N+](C)(C)C)C(O)/C=C/CC/C=C/CC/C=C/CCCCCCCCCCCCCCCCCC. The highest BCUT2D eigenvalue weighted by atomic mass is 31.2. The van der Waals surface area contributed by atoms with Crippen LogP contribution in [0.15, 0.2) is 85.1 Å². The van der Waals surface area contributed by atoms with Crippen molar-refractivity contribution >= 4 is 13.7 Å². The molecule has 0 saturated carbocycles. The maximum atomic E-state index is 12.8. The average Bonchev–Trinajstić information content (AvgIpc) is 3.21. The van der Waals surface area contributed by atoms with Crippen LogP contribution in [0.2, 0.25) is 0 Å². The van der Waals surface area contributed by atoms with Gasteiger partial charge in [-0.25, -0.2) is 4.57 Å². The molecule has 0 saturated heterocycles. The summed E-state index contributed by atoms with van der Waals surface area (Å²) in [6.45, 7) is 4.60. The Morgan fingerprint density at radius 1 is 0.574 bits per heavy atom. The lowest BCUT2D eigenvalue weighted by Gasteiger charge is -2.25. The van der Waals surface area contributed by atoms with Crippen molar-refractivity contribution in [3.63, 3.8) is 0 Å². The predicted molar refractivity (Wildman–Crippen MR) is 263 cm³/mol. The fraction of sp³-hybridized carbons (Fsp3) is 0.712. The van der Waals surface area contributed by atoms with Gasteiger partial charge in [0.2, 0.25) is 5.91 Å². The molecule has 9 heteroatoms. The Balaban J connectivity index is 4.42. The van der Waals surface area contributed by atoms with Crippen LogP contribution in [-0.4, -0.2) is 73.4 Å². The molecular formula is C52H94N2O6P+. The van der Waals surface area contributed by atoms with E-state index in [2.05, 4.69) is 79.9 Å². The normalized spacial score (nSPS) is 14.9. The number of hydrogen-bond donors (Lipinski definition) is 3. The van der Waals surface area contributed by atoms with E-state index in [1.165, 1.54) is 109 Å². The van der Waals surface area contributed by atoms with Crippen LogP contribution in [0, 0.1) is 0 Å². The first-order valence-corrected chi connectivity index (χ1v) is 26.0. The number of nitrogens with zero attached hydrogens (tertiary/aromatic N) is 1. The van der Waals surface area contributed by atoms with Crippen molar-refractivity contribution < 1.29 is 32.9 Å². The van der Waals surface area contributed by atoms with Crippen LogP contribution in [0.5, 0.6) is 0 Å². The van der Waals surface area contributed by atoms with Gasteiger partial charge in [-0.2, -0.15) is 0 Å². The largest absolute Gasteiger partial charge is 0.472 e. The van der Waals surface area contributed by atoms with E-state index in [-0.39, 0.29) is 25.5 Å². The number of aliphatic hydroxyl groups excluding tert-OH is 1. The van der Waals surface area contributed by atoms with Crippen molar-refractivity contribution in [2.75, 3.05) is 40.9 Å². The molecule has 352 valence electrons. The molecule has 0 spiro atoms. The van der Waals surface area contributed by atoms with Crippen LogP contribution < -0.4 is 5.32 Å². The van der Waals surface area contributed by atoms with Crippen molar-refractivity contribution in [2.24, 2.45) is 0 Å². The molecule has 0 aromatic rings. The van der Waals surface area contributed by atoms with E-state index in [0.717, 1.165) is 51.4 Å². The van der Waals surface area contributed by atoms with E-state index in [1.54, 1.807) is 6.08 Å². The minimum atomic E-state index is -4.37. The zero-order valence-corrected chi connectivity index (χ0v) is 40.8. The molecule has 8 nitrogen and oxygen atoms in total. The van der Waals surface area contributed by atoms with Crippen LogP contribution >= 0.6 is 7.82 Å². The standard InChI is InChI=1S/C52H93N2O6P/c1-6-8-10-12-14-16-18-20-21-22-23-24-25-26-27-28-29-30-31-32-34-35-37-39-41-43-45-51(55)50(49-60-61(57,58)59-48-47-54(3,4)5)53-52(56)46-44-42-40-38-36-33-19-17-15-13-11-9-7-2/h9,11,15,17,30-31,33,35-37,40,42-43,45,50-51,55H,6-8,10,12-14,16,18-29,32,34,38-39,41,44,46-49H2,1-5H3,(H-,53,56,57,58)/p+1/b11-9-,17-15-,31-30+,36-33-,37-35+,42-40-,45-43+. The smallest absolute Gasteiger partial charge is 0.387 e. The lowest BCUT2D eigenvalue weighted by molar-refractivity contribution is -0.870. The molecule has 0 aliphatic carbocycles. The van der Waals surface area contributed by atoms with Gasteiger partial charge in [-0.3, -0.25) is 13.8 Å². The highest BCUT2D eigenvalue weighted by Crippen LogP contribution is 2.43. The third-order valence-corrected chi connectivity index (χ3v) is 11.3. The van der Waals surface area contributed by atoms with Crippen molar-refractivity contribution in [2.45, 2.75) is 199 Å². The summed E-state index contributed by atoms with van der Waals surface area (Å²) in [5, 5.41) is 13.8. The summed E-state index contributed by atoms with van der Waals surface area (Å²) >= 11 is 0. The molecule has 1 amide bonds. The number of carbonyl (C=O) groups excluding carboxylic acids is 1. The third-order valence-electron chi connectivity index (χ3n) is 10.3. The molecule has 0 aliphatic heterocycles. The first-order valence-electron chi connectivity index (χ1n) is 24.5. The summed E-state index contributed by atoms with van der Waals surface area (Å²) in [4.78, 5) is 23.1. The highest BCUT2D eigenvalue weighted by molar-refractivity contribution is 7.47. The number of phosphoric ester groups is 1. The second-order valence-corrected chi connectivity index (χ2v) is 18.9. The van der Waals surface area contributed by atoms with Crippen LogP contribution in [0.25, 0.3) is 0 Å². The van der Waals surface area contributed by atoms with E-state index in [4.69, 9.17) is 9.05 Å². The minimum Gasteiger partial charge on any atom is -0.387 e. The quantitative estimate of drug-likeness (QED) is 0.0244. The molecule has 0 aliphatic rings. The zero-order valence-electron chi connectivity index (χ0n) is 39.9. The van der Waals surface area contributed by atoms with E-state index in [9.17, 15) is 19.4 Å². The minimum absolute atomic E-state index is 0.0367. The molecule has 3 atom stereocenters. The van der Waals surface area contributed by atoms with Crippen LogP contribution in [0.1, 0.15) is 187 Å². The lowest BCUT2D eigenvalue weighted by Crippen LogP contribution is -2.45. The highest BCUT2D eigenvalue weighted by Gasteiger charge is 2.27. The summed E-state index contributed by atoms with van der Waals surface area (Å²) < 4.78 is 23.5. The van der Waals surface area contributed by atoms with E-state index < -0.39 is 20.0 Å². The molecule has 0 bridgehead atoms. The van der Waals surface area contributed by atoms with Crippen molar-refractivity contribution in [3.05, 3.63) is 85.1 Å². The van der Waals surface area contributed by atoms with Crippen LogP contribution in [0.4, 0.5) is 0 Å². The van der Waals surface area contributed by atoms with Gasteiger partial charge in [0.25, 0.3) is 0 Å². The van der Waals surface area contributed by atoms with Gasteiger partial charge >= 0.3 is 7.82 Å². The Bertz CT molecular complexity index is 1260. The van der Waals surface area contributed by atoms with Gasteiger partial charge in [0, 0.05) is 6.42 Å². The fourth-order valence-corrected chi connectivity index (χ4v) is 7.23. The number of hydrogen-bond acceptors (Lipinski definition) is 5. The lowest BCUT2D eigenvalue weighted by atomic mass is 10.0. The number of aliphatic hydroxyl groups is 1. The molecule has 3 N–H and O–H groups in total. The molecule has 0 fully saturated rings. The van der Waals surface area contributed by atoms with Gasteiger partial charge in [-0.1, -0.05) is 195 Å². The number of likely N-dealkylation sites (N-methyl/N-ethyl adjacent to an activating group) is 1. The van der Waals surface area contributed by atoms with Gasteiger partial charge in [0.1, 0.15) is 13.2 Å². The number of rotatable bonds is 43. The number of nitrogens with one attached hydrogen (secondary N) is 1. The maximum absolute atomic E-state index is 12.8. The molecule has 0 aromatic heterocycles. The molecule has 3 unspecified atom stereocenters. The summed E-state index contributed by atoms with van der Waals surface area (Å²) in [5.41, 5.74) is 0. The van der Waals surface area contributed by atoms with Gasteiger partial charge in [0.05, 0.1) is 39.9 Å². The second kappa shape index (κ2) is 43.0. The Morgan fingerprint density at radius 3 is 1.49 bits per heavy atom. The first-order chi connectivity index (χ1) is 29.5. The number of phosphoric acid groups is 1. The number of amides is 1. The van der Waals surface area contributed by atoms with Gasteiger partial charge in [0.15, 0.2) is 0 Å². The molecule has 0 rings (SSSR count). The van der Waals surface area contributed by atoms with Crippen molar-refractivity contribution in [1.29, 1.82) is 0 Å². The van der Waals surface area contributed by atoms with Crippen molar-refractivity contribution in [1.82, 2.24) is 5.32 Å². The number of carbonyl (C=O) groups is 1. The fourth-order valence-electron chi connectivity index (χ4n) is 6.49. The Labute approximate surface area is 376 Å². The summed E-state index contributed by atoms with van der Waals surface area (Å²) in [6.07, 6.45) is 59.9. The van der Waals surface area contributed by atoms with Crippen LogP contribution in [0.3, 0.4) is 0 Å².